The number of hydrogen-bond donors (Lipinski definition) is 0. The van der Waals surface area contributed by atoms with Gasteiger partial charge in [-0.25, -0.2) is 8.78 Å². The highest BCUT2D eigenvalue weighted by atomic mass is 32.1. The van der Waals surface area contributed by atoms with E-state index in [2.05, 4.69) is 0 Å². The molecule has 1 nitrogen and oxygen atoms in total. The summed E-state index contributed by atoms with van der Waals surface area (Å²) in [4.78, 5) is 0. The molecule has 1 heterocycles. The van der Waals surface area contributed by atoms with Gasteiger partial charge in [0.1, 0.15) is 5.82 Å². The summed E-state index contributed by atoms with van der Waals surface area (Å²) in [7, 11) is 0. The minimum Gasteiger partial charge on any atom is -0.429 e. The molecule has 3 aromatic rings. The number of ether oxygens (including phenoxy) is 1. The first-order chi connectivity index (χ1) is 11.9. The van der Waals surface area contributed by atoms with Crippen molar-refractivity contribution in [1.82, 2.24) is 0 Å². The zero-order valence-corrected chi connectivity index (χ0v) is 14.4. The van der Waals surface area contributed by atoms with E-state index in [0.29, 0.717) is 33.9 Å². The molecule has 1 saturated carbocycles. The molecule has 0 aliphatic heterocycles. The Hall–Kier alpha value is -1.82. The van der Waals surface area contributed by atoms with E-state index in [1.807, 2.05) is 0 Å². The molecule has 0 amide bonds. The summed E-state index contributed by atoms with van der Waals surface area (Å²) in [6, 6.07) is 6.08. The zero-order chi connectivity index (χ0) is 17.8. The van der Waals surface area contributed by atoms with Crippen LogP contribution in [0, 0.1) is 24.5 Å². The van der Waals surface area contributed by atoms with Gasteiger partial charge in [-0.05, 0) is 37.5 Å². The van der Waals surface area contributed by atoms with E-state index in [1.165, 1.54) is 12.1 Å². The highest BCUT2D eigenvalue weighted by Gasteiger charge is 2.44. The number of alkyl halides is 2. The number of rotatable bonds is 3. The molecule has 6 heteroatoms. The fraction of sp³-hybridized carbons (Fsp3) is 0.368. The van der Waals surface area contributed by atoms with Crippen molar-refractivity contribution < 1.29 is 22.3 Å². The van der Waals surface area contributed by atoms with Gasteiger partial charge in [0.15, 0.2) is 11.6 Å². The number of hydrogen-bond acceptors (Lipinski definition) is 2. The Labute approximate surface area is 146 Å². The lowest BCUT2D eigenvalue weighted by Gasteiger charge is -2.23. The van der Waals surface area contributed by atoms with E-state index < -0.39 is 29.4 Å². The van der Waals surface area contributed by atoms with Gasteiger partial charge in [-0.2, -0.15) is 8.78 Å². The molecule has 0 unspecified atom stereocenters. The minimum absolute atomic E-state index is 0.138. The first-order valence-corrected chi connectivity index (χ1v) is 9.07. The van der Waals surface area contributed by atoms with Crippen LogP contribution in [0.5, 0.6) is 5.75 Å². The number of aryl methyl sites for hydroxylation is 1. The van der Waals surface area contributed by atoms with Crippen molar-refractivity contribution in [3.05, 3.63) is 41.5 Å². The van der Waals surface area contributed by atoms with E-state index in [1.54, 1.807) is 19.1 Å². The standard InChI is InChI=1S/C19H16F4OS/c1-10-6-7-12-13-8-9-14(16(21)18(13)25-17(12)15(10)20)24-19(22,23)11-4-2-3-5-11/h6-9,11H,2-5H2,1H3. The summed E-state index contributed by atoms with van der Waals surface area (Å²) < 4.78 is 62.9. The summed E-state index contributed by atoms with van der Waals surface area (Å²) >= 11 is 0.927. The Bertz CT molecular complexity index is 957. The third kappa shape index (κ3) is 2.67. The van der Waals surface area contributed by atoms with Crippen molar-refractivity contribution in [2.45, 2.75) is 38.7 Å². The average Bonchev–Trinajstić information content (AvgIpc) is 3.22. The van der Waals surface area contributed by atoms with Gasteiger partial charge in [-0.3, -0.25) is 0 Å². The van der Waals surface area contributed by atoms with Gasteiger partial charge < -0.3 is 4.74 Å². The Balaban J connectivity index is 1.80. The third-order valence-electron chi connectivity index (χ3n) is 4.92. The topological polar surface area (TPSA) is 9.23 Å². The fourth-order valence-corrected chi connectivity index (χ4v) is 4.71. The molecular formula is C19H16F4OS. The lowest BCUT2D eigenvalue weighted by molar-refractivity contribution is -0.215. The molecule has 0 N–H and O–H groups in total. The van der Waals surface area contributed by atoms with Crippen LogP contribution in [0.25, 0.3) is 20.2 Å². The van der Waals surface area contributed by atoms with Crippen molar-refractivity contribution in [2.75, 3.05) is 0 Å². The van der Waals surface area contributed by atoms with Crippen molar-refractivity contribution in [3.8, 4) is 5.75 Å². The van der Waals surface area contributed by atoms with Gasteiger partial charge in [0, 0.05) is 10.8 Å². The molecule has 2 aromatic carbocycles. The van der Waals surface area contributed by atoms with E-state index in [-0.39, 0.29) is 4.70 Å². The summed E-state index contributed by atoms with van der Waals surface area (Å²) in [6.45, 7) is 1.63. The van der Waals surface area contributed by atoms with Crippen LogP contribution in [0.4, 0.5) is 17.6 Å². The number of halogens is 4. The molecule has 1 aromatic heterocycles. The van der Waals surface area contributed by atoms with Gasteiger partial charge in [0.05, 0.1) is 15.3 Å². The van der Waals surface area contributed by atoms with Crippen molar-refractivity contribution in [1.29, 1.82) is 0 Å². The molecule has 0 bridgehead atoms. The van der Waals surface area contributed by atoms with Crippen LogP contribution in [0.15, 0.2) is 24.3 Å². The highest BCUT2D eigenvalue weighted by Crippen LogP contribution is 2.43. The Kier molecular flexibility index (Phi) is 3.90. The lowest BCUT2D eigenvalue weighted by Crippen LogP contribution is -2.33. The monoisotopic (exact) mass is 368 g/mol. The van der Waals surface area contributed by atoms with Crippen LogP contribution >= 0.6 is 11.3 Å². The molecule has 0 atom stereocenters. The number of thiophene rings is 1. The van der Waals surface area contributed by atoms with Crippen LogP contribution in [-0.2, 0) is 0 Å². The van der Waals surface area contributed by atoms with Gasteiger partial charge in [-0.1, -0.05) is 25.0 Å². The third-order valence-corrected chi connectivity index (χ3v) is 6.13. The first kappa shape index (κ1) is 16.6. The second kappa shape index (κ2) is 5.87. The lowest BCUT2D eigenvalue weighted by atomic mass is 10.1. The summed E-state index contributed by atoms with van der Waals surface area (Å²) in [6.07, 6.45) is -1.17. The fourth-order valence-electron chi connectivity index (χ4n) is 3.49. The molecule has 4 rings (SSSR count). The normalized spacial score (nSPS) is 16.2. The van der Waals surface area contributed by atoms with E-state index in [9.17, 15) is 17.6 Å². The molecule has 0 saturated heterocycles. The van der Waals surface area contributed by atoms with Crippen molar-refractivity contribution in [2.24, 2.45) is 5.92 Å². The van der Waals surface area contributed by atoms with Gasteiger partial charge in [0.2, 0.25) is 0 Å². The molecular weight excluding hydrogens is 352 g/mol. The van der Waals surface area contributed by atoms with Crippen LogP contribution in [0.2, 0.25) is 0 Å². The predicted octanol–water partition coefficient (Wildman–Crippen LogP) is 6.80. The quantitative estimate of drug-likeness (QED) is 0.462. The van der Waals surface area contributed by atoms with Crippen LogP contribution in [0.3, 0.4) is 0 Å². The molecule has 1 fully saturated rings. The predicted molar refractivity (Wildman–Crippen MR) is 91.5 cm³/mol. The molecule has 132 valence electrons. The minimum atomic E-state index is -3.40. The average molecular weight is 368 g/mol. The Morgan fingerprint density at radius 3 is 2.24 bits per heavy atom. The Morgan fingerprint density at radius 2 is 1.56 bits per heavy atom. The van der Waals surface area contributed by atoms with E-state index in [0.717, 1.165) is 24.2 Å². The van der Waals surface area contributed by atoms with E-state index >= 15 is 0 Å². The molecule has 0 radical (unpaired) electrons. The Morgan fingerprint density at radius 1 is 0.960 bits per heavy atom. The van der Waals surface area contributed by atoms with Crippen LogP contribution < -0.4 is 4.74 Å². The first-order valence-electron chi connectivity index (χ1n) is 8.25. The number of benzene rings is 2. The maximum absolute atomic E-state index is 14.8. The van der Waals surface area contributed by atoms with E-state index in [4.69, 9.17) is 4.74 Å². The molecule has 1 aliphatic rings. The maximum atomic E-state index is 14.8. The second-order valence-corrected chi connectivity index (χ2v) is 7.60. The van der Waals surface area contributed by atoms with Crippen molar-refractivity contribution in [3.63, 3.8) is 0 Å². The smallest absolute Gasteiger partial charge is 0.400 e. The second-order valence-electron chi connectivity index (χ2n) is 6.57. The molecule has 25 heavy (non-hydrogen) atoms. The van der Waals surface area contributed by atoms with Gasteiger partial charge in [0.25, 0.3) is 0 Å². The van der Waals surface area contributed by atoms with Gasteiger partial charge in [-0.15, -0.1) is 11.3 Å². The summed E-state index contributed by atoms with van der Waals surface area (Å²) in [5.41, 5.74) is 0.462. The van der Waals surface area contributed by atoms with Crippen molar-refractivity contribution >= 4 is 31.5 Å². The summed E-state index contributed by atoms with van der Waals surface area (Å²) in [5.74, 6) is -2.62. The van der Waals surface area contributed by atoms with Gasteiger partial charge >= 0.3 is 6.11 Å². The summed E-state index contributed by atoms with van der Waals surface area (Å²) in [5, 5.41) is 1.09. The van der Waals surface area contributed by atoms with Crippen LogP contribution in [-0.4, -0.2) is 6.11 Å². The highest BCUT2D eigenvalue weighted by molar-refractivity contribution is 7.25. The molecule has 0 spiro atoms. The SMILES string of the molecule is Cc1ccc2c(sc3c(F)c(OC(F)(F)C4CCCC4)ccc32)c1F. The zero-order valence-electron chi connectivity index (χ0n) is 13.5. The largest absolute Gasteiger partial charge is 0.429 e. The van der Waals surface area contributed by atoms with Crippen LogP contribution in [0.1, 0.15) is 31.2 Å². The maximum Gasteiger partial charge on any atom is 0.400 e. The number of fused-ring (bicyclic) bond motifs is 3. The molecule has 1 aliphatic carbocycles.